The van der Waals surface area contributed by atoms with Gasteiger partial charge in [-0.25, -0.2) is 0 Å². The molecule has 0 heterocycles. The van der Waals surface area contributed by atoms with Crippen molar-refractivity contribution in [1.29, 1.82) is 0 Å². The summed E-state index contributed by atoms with van der Waals surface area (Å²) in [4.78, 5) is 75.2. The minimum Gasteiger partial charge on any atom is -0.508 e. The molecule has 7 N–H and O–H groups in total. The van der Waals surface area contributed by atoms with Gasteiger partial charge in [0.25, 0.3) is 0 Å². The van der Waals surface area contributed by atoms with Gasteiger partial charge in [-0.15, -0.1) is 0 Å². The van der Waals surface area contributed by atoms with Crippen LogP contribution >= 0.6 is 0 Å². The minimum absolute atomic E-state index is 0.0497. The number of carbonyl (C=O) groups is 6. The molecule has 40 heavy (non-hydrogen) atoms. The van der Waals surface area contributed by atoms with Crippen molar-refractivity contribution in [3.8, 4) is 5.75 Å². The number of aromatic hydroxyl groups is 1. The quantitative estimate of drug-likeness (QED) is 0.108. The number of carboxylic acid groups (broad SMARTS) is 1. The summed E-state index contributed by atoms with van der Waals surface area (Å²) in [5.74, 6) is -4.00. The van der Waals surface area contributed by atoms with Crippen molar-refractivity contribution < 1.29 is 39.0 Å². The zero-order chi connectivity index (χ0) is 30.4. The van der Waals surface area contributed by atoms with Crippen LogP contribution in [0.1, 0.15) is 52.0 Å². The van der Waals surface area contributed by atoms with Gasteiger partial charge in [0.15, 0.2) is 0 Å². The number of nitrogens with one attached hydrogen (secondary N) is 3. The van der Waals surface area contributed by atoms with E-state index in [4.69, 9.17) is 10.8 Å². The molecule has 0 aromatic heterocycles. The summed E-state index contributed by atoms with van der Waals surface area (Å²) in [5, 5.41) is 26.1. The van der Waals surface area contributed by atoms with E-state index in [2.05, 4.69) is 16.0 Å². The number of nitrogens with two attached hydrogens (primary N) is 1. The van der Waals surface area contributed by atoms with Crippen LogP contribution in [0.5, 0.6) is 5.75 Å². The predicted molar refractivity (Wildman–Crippen MR) is 146 cm³/mol. The van der Waals surface area contributed by atoms with Gasteiger partial charge < -0.3 is 41.6 Å². The highest BCUT2D eigenvalue weighted by molar-refractivity contribution is 5.95. The molecule has 0 spiro atoms. The van der Waals surface area contributed by atoms with Crippen LogP contribution in [-0.2, 0) is 35.2 Å². The number of hydrogen-bond acceptors (Lipinski definition) is 8. The summed E-state index contributed by atoms with van der Waals surface area (Å²) in [6.45, 7) is 5.07. The predicted octanol–water partition coefficient (Wildman–Crippen LogP) is -0.305. The fourth-order valence-corrected chi connectivity index (χ4v) is 3.89. The van der Waals surface area contributed by atoms with Gasteiger partial charge in [0.1, 0.15) is 30.2 Å². The number of rotatable bonds is 17. The minimum atomic E-state index is -1.28. The van der Waals surface area contributed by atoms with Crippen LogP contribution in [0.4, 0.5) is 0 Å². The molecular weight excluding hydrogens is 522 g/mol. The molecule has 1 aromatic carbocycles. The van der Waals surface area contributed by atoms with Crippen LogP contribution in [-0.4, -0.2) is 88.8 Å². The van der Waals surface area contributed by atoms with Crippen molar-refractivity contribution >= 4 is 35.9 Å². The lowest BCUT2D eigenvalue weighted by molar-refractivity contribution is -0.140. The molecule has 0 radical (unpaired) electrons. The first-order valence-corrected chi connectivity index (χ1v) is 13.1. The Morgan fingerprint density at radius 1 is 0.975 bits per heavy atom. The fraction of sp³-hybridized carbons (Fsp3) is 0.556. The molecule has 0 saturated carbocycles. The summed E-state index contributed by atoms with van der Waals surface area (Å²) in [6.07, 6.45) is 1.01. The maximum atomic E-state index is 13.4. The monoisotopic (exact) mass is 563 g/mol. The standard InChI is InChI=1S/C27H41N5O8/c1-16(2)24(31-26(39)22(32(4)17(3)34)13-18-8-10-20(35)11-9-18)27(40)30-21(7-5-6-12-28)25(38)29-19(15-33)14-23(36)37/h8-11,15-16,19,21-22,24,35H,5-7,12-14,28H2,1-4H3,(H,29,38)(H,30,40)(H,31,39)(H,36,37)/t19-,21-,22-,24-/m0/s1. The molecule has 0 aliphatic carbocycles. The molecule has 0 saturated heterocycles. The van der Waals surface area contributed by atoms with E-state index in [1.54, 1.807) is 26.0 Å². The summed E-state index contributed by atoms with van der Waals surface area (Å²) in [5.41, 5.74) is 6.22. The molecule has 13 nitrogen and oxygen atoms in total. The van der Waals surface area contributed by atoms with E-state index in [-0.39, 0.29) is 24.5 Å². The lowest BCUT2D eigenvalue weighted by atomic mass is 9.99. The largest absolute Gasteiger partial charge is 0.508 e. The third-order valence-electron chi connectivity index (χ3n) is 6.35. The van der Waals surface area contributed by atoms with E-state index in [0.29, 0.717) is 31.2 Å². The summed E-state index contributed by atoms with van der Waals surface area (Å²) in [6, 6.07) is 1.73. The number of benzene rings is 1. The zero-order valence-corrected chi connectivity index (χ0v) is 23.4. The van der Waals surface area contributed by atoms with Crippen LogP contribution in [0.25, 0.3) is 0 Å². The second-order valence-electron chi connectivity index (χ2n) is 9.94. The normalized spacial score (nSPS) is 13.8. The smallest absolute Gasteiger partial charge is 0.305 e. The molecule has 4 amide bonds. The molecule has 1 aromatic rings. The van der Waals surface area contributed by atoms with Crippen LogP contribution in [0.2, 0.25) is 0 Å². The SMILES string of the molecule is CC(=O)N(C)[C@@H](Cc1ccc(O)cc1)C(=O)N[C@H](C(=O)N[C@@H](CCCCN)C(=O)N[C@H](C=O)CC(=O)O)C(C)C. The number of carbonyl (C=O) groups excluding carboxylic acids is 5. The molecule has 13 heteroatoms. The third-order valence-corrected chi connectivity index (χ3v) is 6.35. The van der Waals surface area contributed by atoms with Crippen LogP contribution in [0.3, 0.4) is 0 Å². The van der Waals surface area contributed by atoms with E-state index >= 15 is 0 Å². The van der Waals surface area contributed by atoms with E-state index in [1.165, 1.54) is 31.0 Å². The number of carboxylic acids is 1. The maximum Gasteiger partial charge on any atom is 0.305 e. The Kier molecular flexibility index (Phi) is 14.3. The Morgan fingerprint density at radius 3 is 2.10 bits per heavy atom. The van der Waals surface area contributed by atoms with Gasteiger partial charge in [0.2, 0.25) is 23.6 Å². The molecular formula is C27H41N5O8. The van der Waals surface area contributed by atoms with Crippen LogP contribution in [0.15, 0.2) is 24.3 Å². The average Bonchev–Trinajstić information content (AvgIpc) is 2.89. The number of nitrogens with zero attached hydrogens (tertiary/aromatic N) is 1. The van der Waals surface area contributed by atoms with Gasteiger partial charge in [-0.1, -0.05) is 26.0 Å². The van der Waals surface area contributed by atoms with Crippen molar-refractivity contribution in [1.82, 2.24) is 20.9 Å². The number of aldehydes is 1. The second-order valence-corrected chi connectivity index (χ2v) is 9.94. The van der Waals surface area contributed by atoms with Gasteiger partial charge in [-0.3, -0.25) is 24.0 Å². The highest BCUT2D eigenvalue weighted by Gasteiger charge is 2.33. The highest BCUT2D eigenvalue weighted by Crippen LogP contribution is 2.15. The highest BCUT2D eigenvalue weighted by atomic mass is 16.4. The molecule has 0 fully saturated rings. The topological polar surface area (TPSA) is 208 Å². The number of hydrogen-bond donors (Lipinski definition) is 6. The molecule has 0 unspecified atom stereocenters. The number of amides is 4. The summed E-state index contributed by atoms with van der Waals surface area (Å²) < 4.78 is 0. The molecule has 222 valence electrons. The Morgan fingerprint density at radius 2 is 1.60 bits per heavy atom. The summed E-state index contributed by atoms with van der Waals surface area (Å²) >= 11 is 0. The fourth-order valence-electron chi connectivity index (χ4n) is 3.89. The van der Waals surface area contributed by atoms with Crippen LogP contribution in [0, 0.1) is 5.92 Å². The molecule has 0 aliphatic rings. The Labute approximate surface area is 233 Å². The molecule has 0 aliphatic heterocycles. The maximum absolute atomic E-state index is 13.4. The van der Waals surface area contributed by atoms with E-state index in [1.807, 2.05) is 0 Å². The third kappa shape index (κ3) is 11.4. The van der Waals surface area contributed by atoms with Gasteiger partial charge in [0, 0.05) is 20.4 Å². The second kappa shape index (κ2) is 16.9. The van der Waals surface area contributed by atoms with E-state index < -0.39 is 60.2 Å². The lowest BCUT2D eigenvalue weighted by Gasteiger charge is -2.30. The van der Waals surface area contributed by atoms with Gasteiger partial charge in [-0.2, -0.15) is 0 Å². The van der Waals surface area contributed by atoms with Crippen molar-refractivity contribution in [2.45, 2.75) is 77.0 Å². The number of phenols is 1. The Hall–Kier alpha value is -4.00. The number of likely N-dealkylation sites (N-methyl/N-ethyl adjacent to an activating group) is 1. The molecule has 0 bridgehead atoms. The van der Waals surface area contributed by atoms with Crippen molar-refractivity contribution in [3.63, 3.8) is 0 Å². The first-order chi connectivity index (χ1) is 18.8. The van der Waals surface area contributed by atoms with Crippen molar-refractivity contribution in [2.75, 3.05) is 13.6 Å². The number of aliphatic carboxylic acids is 1. The van der Waals surface area contributed by atoms with Gasteiger partial charge >= 0.3 is 5.97 Å². The average molecular weight is 564 g/mol. The molecule has 4 atom stereocenters. The molecule has 1 rings (SSSR count). The Balaban J connectivity index is 3.12. The van der Waals surface area contributed by atoms with E-state index in [9.17, 15) is 33.9 Å². The van der Waals surface area contributed by atoms with E-state index in [0.717, 1.165) is 0 Å². The first kappa shape index (κ1) is 34.0. The number of phenolic OH excluding ortho intramolecular Hbond substituents is 1. The zero-order valence-electron chi connectivity index (χ0n) is 23.4. The lowest BCUT2D eigenvalue weighted by Crippen LogP contribution is -2.59. The summed E-state index contributed by atoms with van der Waals surface area (Å²) in [7, 11) is 1.47. The Bertz CT molecular complexity index is 1030. The first-order valence-electron chi connectivity index (χ1n) is 13.1. The van der Waals surface area contributed by atoms with Gasteiger partial charge in [0.05, 0.1) is 12.5 Å². The van der Waals surface area contributed by atoms with Crippen molar-refractivity contribution in [2.24, 2.45) is 11.7 Å². The van der Waals surface area contributed by atoms with Crippen LogP contribution < -0.4 is 21.7 Å². The van der Waals surface area contributed by atoms with Gasteiger partial charge in [-0.05, 0) is 49.4 Å². The number of unbranched alkanes of at least 4 members (excludes halogenated alkanes) is 1. The van der Waals surface area contributed by atoms with Crippen molar-refractivity contribution in [3.05, 3.63) is 29.8 Å².